The topological polar surface area (TPSA) is 294 Å². The Bertz CT molecular complexity index is 277. The average Bonchev–Trinajstić information content (AvgIpc) is 1.81. The van der Waals surface area contributed by atoms with Crippen LogP contribution in [0.5, 0.6) is 0 Å². The van der Waals surface area contributed by atoms with E-state index in [1.807, 2.05) is 0 Å². The molecule has 0 unspecified atom stereocenters. The first-order chi connectivity index (χ1) is 5.72. The van der Waals surface area contributed by atoms with Gasteiger partial charge < -0.3 is 44.0 Å². The quantitative estimate of drug-likeness (QED) is 0.168. The van der Waals surface area contributed by atoms with Crippen molar-refractivity contribution in [1.29, 1.82) is 5.41 Å². The largest absolute Gasteiger partial charge is 1.00 e. The van der Waals surface area contributed by atoms with E-state index in [2.05, 4.69) is 4.52 Å². The van der Waals surface area contributed by atoms with E-state index in [9.17, 15) is 9.36 Å². The molecular formula is C4H21N3NaO10P. The molecule has 0 saturated carbocycles. The molecule has 0 amide bonds. The first-order valence-corrected chi connectivity index (χ1v) is 4.58. The summed E-state index contributed by atoms with van der Waals surface area (Å²) in [5, 5.41) is 6.83. The van der Waals surface area contributed by atoms with Crippen LogP contribution in [0.2, 0.25) is 0 Å². The molecule has 0 radical (unpaired) electrons. The molecule has 0 aliphatic rings. The van der Waals surface area contributed by atoms with Crippen molar-refractivity contribution in [2.24, 2.45) is 5.73 Å². The smallest absolute Gasteiger partial charge is 1.00 e. The molecule has 0 rings (SSSR count). The summed E-state index contributed by atoms with van der Waals surface area (Å²) in [6.45, 7) is -0.486. The Balaban J connectivity index is -0.0000000343. The van der Waals surface area contributed by atoms with E-state index in [0.29, 0.717) is 0 Å². The molecule has 0 aromatic carbocycles. The fraction of sp³-hybridized carbons (Fsp3) is 0.500. The predicted molar refractivity (Wildman–Crippen MR) is 61.9 cm³/mol. The van der Waals surface area contributed by atoms with Gasteiger partial charge in [0.05, 0.1) is 0 Å². The molecule has 0 spiro atoms. The number of carbonyl (C=O) groups is 1. The van der Waals surface area contributed by atoms with Crippen LogP contribution in [0.4, 0.5) is 0 Å². The summed E-state index contributed by atoms with van der Waals surface area (Å²) in [7, 11) is -3.49. The van der Waals surface area contributed by atoms with E-state index < -0.39 is 26.3 Å². The third-order valence-electron chi connectivity index (χ3n) is 0.998. The number of hydrogen-bond donors (Lipinski definition) is 4. The molecule has 15 heteroatoms. The van der Waals surface area contributed by atoms with Gasteiger partial charge in [0.15, 0.2) is 5.96 Å². The molecule has 15 N–H and O–H groups in total. The zero-order chi connectivity index (χ0) is 10.6. The number of likely N-dealkylation sites (N-methyl/N-ethyl adjacent to an activating group) is 1. The first-order valence-electron chi connectivity index (χ1n) is 3.05. The van der Waals surface area contributed by atoms with Gasteiger partial charge in [-0.25, -0.2) is 9.36 Å². The van der Waals surface area contributed by atoms with E-state index in [1.165, 1.54) is 7.05 Å². The number of phosphoric ester groups is 1. The van der Waals surface area contributed by atoms with Crippen LogP contribution >= 0.6 is 7.82 Å². The van der Waals surface area contributed by atoms with Crippen molar-refractivity contribution < 1.29 is 82.0 Å². The fourth-order valence-corrected chi connectivity index (χ4v) is 0.763. The second-order valence-electron chi connectivity index (χ2n) is 2.20. The van der Waals surface area contributed by atoms with Crippen molar-refractivity contribution in [3.63, 3.8) is 0 Å². The van der Waals surface area contributed by atoms with Crippen LogP contribution in [0.15, 0.2) is 0 Å². The summed E-state index contributed by atoms with van der Waals surface area (Å²) in [5.74, 6) is -1.55. The van der Waals surface area contributed by atoms with Crippen molar-refractivity contribution in [3.8, 4) is 0 Å². The van der Waals surface area contributed by atoms with Crippen LogP contribution < -0.4 is 35.3 Å². The molecule has 0 heterocycles. The molecule has 0 aliphatic carbocycles. The van der Waals surface area contributed by atoms with E-state index >= 15 is 0 Å². The van der Waals surface area contributed by atoms with Crippen molar-refractivity contribution in [1.82, 2.24) is 4.90 Å². The Morgan fingerprint density at radius 3 is 1.84 bits per heavy atom. The number of nitrogens with zero attached hydrogens (tertiary/aromatic N) is 1. The zero-order valence-corrected chi connectivity index (χ0v) is 13.2. The monoisotopic (exact) mass is 325 g/mol. The maximum Gasteiger partial charge on any atom is 1.00 e. The molecule has 0 atom stereocenters. The van der Waals surface area contributed by atoms with Crippen molar-refractivity contribution in [3.05, 3.63) is 0 Å². The van der Waals surface area contributed by atoms with Gasteiger partial charge in [0.2, 0.25) is 0 Å². The van der Waals surface area contributed by atoms with Crippen LogP contribution in [0.25, 0.3) is 0 Å². The number of nitrogens with one attached hydrogen (secondary N) is 1. The van der Waals surface area contributed by atoms with Crippen molar-refractivity contribution in [2.75, 3.05) is 13.6 Å². The Morgan fingerprint density at radius 1 is 1.32 bits per heavy atom. The number of rotatable bonds is 3. The van der Waals surface area contributed by atoms with E-state index in [-0.39, 0.29) is 58.4 Å². The number of phosphoric acid groups is 1. The van der Waals surface area contributed by atoms with E-state index in [1.54, 1.807) is 0 Å². The molecule has 118 valence electrons. The summed E-state index contributed by atoms with van der Waals surface area (Å²) in [4.78, 5) is 28.0. The van der Waals surface area contributed by atoms with Gasteiger partial charge in [0.25, 0.3) is 0 Å². The maximum atomic E-state index is 10.7. The van der Waals surface area contributed by atoms with Crippen LogP contribution in [0, 0.1) is 5.41 Å². The molecule has 0 bridgehead atoms. The molecule has 0 aromatic rings. The Kier molecular flexibility index (Phi) is 39.8. The molecule has 0 saturated heterocycles. The van der Waals surface area contributed by atoms with Gasteiger partial charge in [-0.05, 0) is 0 Å². The third kappa shape index (κ3) is 27.0. The van der Waals surface area contributed by atoms with E-state index in [4.69, 9.17) is 20.9 Å². The van der Waals surface area contributed by atoms with Crippen LogP contribution in [-0.2, 0) is 13.9 Å². The summed E-state index contributed by atoms with van der Waals surface area (Å²) in [5.41, 5.74) is 4.96. The summed E-state index contributed by atoms with van der Waals surface area (Å²) < 4.78 is 13.8. The Hall–Kier alpha value is -0.310. The number of hydrogen-bond acceptors (Lipinski definition) is 4. The maximum absolute atomic E-state index is 10.7. The summed E-state index contributed by atoms with van der Waals surface area (Å²) in [6, 6.07) is 0. The molecule has 19 heavy (non-hydrogen) atoms. The van der Waals surface area contributed by atoms with Gasteiger partial charge in [0, 0.05) is 7.05 Å². The van der Waals surface area contributed by atoms with Crippen LogP contribution in [-0.4, -0.2) is 67.6 Å². The van der Waals surface area contributed by atoms with Gasteiger partial charge in [-0.2, -0.15) is 0 Å². The number of carbonyl (C=O) groups excluding carboxylic acids is 1. The molecule has 0 aliphatic heterocycles. The van der Waals surface area contributed by atoms with Crippen molar-refractivity contribution >= 4 is 19.8 Å². The molecular weight excluding hydrogens is 304 g/mol. The van der Waals surface area contributed by atoms with Crippen molar-refractivity contribution in [2.45, 2.75) is 0 Å². The second-order valence-corrected chi connectivity index (χ2v) is 3.36. The minimum atomic E-state index is -4.80. The van der Waals surface area contributed by atoms with Crippen LogP contribution in [0.1, 0.15) is 1.43 Å². The average molecular weight is 325 g/mol. The molecule has 13 nitrogen and oxygen atoms in total. The number of guanidine groups is 1. The van der Waals surface area contributed by atoms with Gasteiger partial charge in [0.1, 0.15) is 6.54 Å². The Labute approximate surface area is 131 Å². The van der Waals surface area contributed by atoms with Crippen LogP contribution in [0.3, 0.4) is 0 Å². The zero-order valence-electron chi connectivity index (χ0n) is 11.3. The third-order valence-corrected chi connectivity index (χ3v) is 1.44. The number of nitrogens with two attached hydrogens (primary N) is 1. The van der Waals surface area contributed by atoms with E-state index in [0.717, 1.165) is 4.90 Å². The first kappa shape index (κ1) is 42.8. The van der Waals surface area contributed by atoms with Gasteiger partial charge in [-0.3, -0.25) is 15.2 Å². The summed E-state index contributed by atoms with van der Waals surface area (Å²) >= 11 is 0. The minimum Gasteiger partial charge on any atom is -1.00 e. The SMILES string of the molecule is CN(CC(=O)OP(=O)(O)O)C(=N)N.O.O.O.O.O.[H-].[Na+]. The molecule has 0 aromatic heterocycles. The summed E-state index contributed by atoms with van der Waals surface area (Å²) in [6.07, 6.45) is 0. The predicted octanol–water partition coefficient (Wildman–Crippen LogP) is -8.56. The standard InChI is InChI=1S/C4H10N3O5P.Na.5H2O.H/c1-7(4(5)6)2-3(8)12-13(9,10)11;;;;;;;/h2H2,1H3,(H3,5,6)(H2,9,10,11);;5*1H2;/q;+1;;;;;;-1. The Morgan fingerprint density at radius 2 is 1.63 bits per heavy atom. The second kappa shape index (κ2) is 17.7. The van der Waals surface area contributed by atoms with Gasteiger partial charge >= 0.3 is 43.3 Å². The minimum absolute atomic E-state index is 0. The van der Waals surface area contributed by atoms with Gasteiger partial charge in [-0.15, -0.1) is 0 Å². The normalized spacial score (nSPS) is 7.32. The van der Waals surface area contributed by atoms with Gasteiger partial charge in [-0.1, -0.05) is 0 Å². The fourth-order valence-electron chi connectivity index (χ4n) is 0.440. The molecule has 0 fully saturated rings.